The molecular formula is C14H11ClO4S. The lowest BCUT2D eigenvalue weighted by atomic mass is 10.2. The molecule has 2 heterocycles. The molecule has 0 N–H and O–H groups in total. The second-order valence-corrected chi connectivity index (χ2v) is 5.38. The second kappa shape index (κ2) is 5.73. The molecule has 0 fully saturated rings. The highest BCUT2D eigenvalue weighted by atomic mass is 35.5. The van der Waals surface area contributed by atoms with E-state index in [2.05, 4.69) is 0 Å². The minimum absolute atomic E-state index is 0.144. The highest BCUT2D eigenvalue weighted by Crippen LogP contribution is 2.38. The Balaban J connectivity index is 1.72. The van der Waals surface area contributed by atoms with Gasteiger partial charge in [-0.25, -0.2) is 4.79 Å². The van der Waals surface area contributed by atoms with Gasteiger partial charge in [-0.05, 0) is 29.1 Å². The van der Waals surface area contributed by atoms with E-state index in [1.54, 1.807) is 23.6 Å². The second-order valence-electron chi connectivity index (χ2n) is 4.19. The molecule has 4 nitrogen and oxygen atoms in total. The van der Waals surface area contributed by atoms with Gasteiger partial charge < -0.3 is 14.2 Å². The summed E-state index contributed by atoms with van der Waals surface area (Å²) in [6.45, 7) is 1.12. The van der Waals surface area contributed by atoms with Crippen LogP contribution in [0.1, 0.15) is 15.9 Å². The molecule has 104 valence electrons. The third-order valence-corrected chi connectivity index (χ3v) is 3.75. The van der Waals surface area contributed by atoms with Crippen molar-refractivity contribution in [3.63, 3.8) is 0 Å². The SMILES string of the molecule is O=C(OCc1cc(Cl)c2c(c1)OCCO2)c1ccsc1. The summed E-state index contributed by atoms with van der Waals surface area (Å²) in [5.41, 5.74) is 1.32. The number of esters is 1. The summed E-state index contributed by atoms with van der Waals surface area (Å²) >= 11 is 7.57. The van der Waals surface area contributed by atoms with E-state index in [0.29, 0.717) is 35.3 Å². The van der Waals surface area contributed by atoms with Crippen molar-refractivity contribution in [1.82, 2.24) is 0 Å². The maximum Gasteiger partial charge on any atom is 0.339 e. The molecule has 3 rings (SSSR count). The van der Waals surface area contributed by atoms with Gasteiger partial charge in [-0.15, -0.1) is 0 Å². The van der Waals surface area contributed by atoms with Crippen LogP contribution < -0.4 is 9.47 Å². The number of thiophene rings is 1. The fraction of sp³-hybridized carbons (Fsp3) is 0.214. The quantitative estimate of drug-likeness (QED) is 0.814. The van der Waals surface area contributed by atoms with Crippen molar-refractivity contribution >= 4 is 28.9 Å². The zero-order chi connectivity index (χ0) is 13.9. The van der Waals surface area contributed by atoms with Crippen molar-refractivity contribution in [3.05, 3.63) is 45.1 Å². The first kappa shape index (κ1) is 13.3. The summed E-state index contributed by atoms with van der Waals surface area (Å²) in [7, 11) is 0. The first-order valence-corrected chi connectivity index (χ1v) is 7.33. The molecule has 1 aromatic carbocycles. The third-order valence-electron chi connectivity index (χ3n) is 2.78. The van der Waals surface area contributed by atoms with E-state index >= 15 is 0 Å². The number of fused-ring (bicyclic) bond motifs is 1. The summed E-state index contributed by atoms with van der Waals surface area (Å²) < 4.78 is 16.1. The molecule has 2 aromatic rings. The molecule has 1 aliphatic heterocycles. The molecule has 1 aliphatic rings. The fourth-order valence-electron chi connectivity index (χ4n) is 1.86. The lowest BCUT2D eigenvalue weighted by Gasteiger charge is -2.20. The van der Waals surface area contributed by atoms with E-state index < -0.39 is 0 Å². The van der Waals surface area contributed by atoms with Crippen LogP contribution in [0.2, 0.25) is 5.02 Å². The normalized spacial score (nSPS) is 13.1. The van der Waals surface area contributed by atoms with Crippen molar-refractivity contribution in [2.24, 2.45) is 0 Å². The number of carbonyl (C=O) groups excluding carboxylic acids is 1. The molecule has 20 heavy (non-hydrogen) atoms. The van der Waals surface area contributed by atoms with Crippen LogP contribution in [0.25, 0.3) is 0 Å². The highest BCUT2D eigenvalue weighted by Gasteiger charge is 2.17. The van der Waals surface area contributed by atoms with Crippen molar-refractivity contribution in [2.75, 3.05) is 13.2 Å². The summed E-state index contributed by atoms with van der Waals surface area (Å²) in [5.74, 6) is 0.786. The molecule has 1 aromatic heterocycles. The largest absolute Gasteiger partial charge is 0.486 e. The van der Waals surface area contributed by atoms with E-state index in [1.807, 2.05) is 5.38 Å². The van der Waals surface area contributed by atoms with Crippen LogP contribution in [0.5, 0.6) is 11.5 Å². The van der Waals surface area contributed by atoms with Crippen LogP contribution >= 0.6 is 22.9 Å². The smallest absolute Gasteiger partial charge is 0.339 e. The Labute approximate surface area is 124 Å². The Bertz CT molecular complexity index is 624. The number of halogens is 1. The summed E-state index contributed by atoms with van der Waals surface area (Å²) in [4.78, 5) is 11.7. The maximum absolute atomic E-state index is 11.7. The zero-order valence-electron chi connectivity index (χ0n) is 10.4. The first-order chi connectivity index (χ1) is 9.74. The maximum atomic E-state index is 11.7. The highest BCUT2D eigenvalue weighted by molar-refractivity contribution is 7.08. The minimum atomic E-state index is -0.350. The van der Waals surface area contributed by atoms with E-state index in [-0.39, 0.29) is 12.6 Å². The Morgan fingerprint density at radius 3 is 3.00 bits per heavy atom. The third kappa shape index (κ3) is 2.73. The number of rotatable bonds is 3. The molecule has 0 aliphatic carbocycles. The van der Waals surface area contributed by atoms with E-state index in [9.17, 15) is 4.79 Å². The average molecular weight is 311 g/mol. The number of hydrogen-bond acceptors (Lipinski definition) is 5. The van der Waals surface area contributed by atoms with Crippen LogP contribution in [0.4, 0.5) is 0 Å². The molecule has 0 atom stereocenters. The van der Waals surface area contributed by atoms with Gasteiger partial charge in [0.2, 0.25) is 0 Å². The van der Waals surface area contributed by atoms with Gasteiger partial charge in [0, 0.05) is 5.38 Å². The van der Waals surface area contributed by atoms with Gasteiger partial charge in [0.05, 0.1) is 10.6 Å². The van der Waals surface area contributed by atoms with Crippen LogP contribution in [-0.4, -0.2) is 19.2 Å². The predicted molar refractivity (Wildman–Crippen MR) is 75.9 cm³/mol. The summed E-state index contributed by atoms with van der Waals surface area (Å²) in [6, 6.07) is 5.22. The van der Waals surface area contributed by atoms with Gasteiger partial charge in [-0.2, -0.15) is 11.3 Å². The molecule has 0 radical (unpaired) electrons. The topological polar surface area (TPSA) is 44.8 Å². The van der Waals surface area contributed by atoms with Gasteiger partial charge in [0.25, 0.3) is 0 Å². The van der Waals surface area contributed by atoms with Crippen molar-refractivity contribution in [1.29, 1.82) is 0 Å². The molecule has 0 amide bonds. The zero-order valence-corrected chi connectivity index (χ0v) is 12.0. The van der Waals surface area contributed by atoms with Crippen LogP contribution in [0.15, 0.2) is 29.0 Å². The minimum Gasteiger partial charge on any atom is -0.486 e. The molecule has 0 saturated carbocycles. The van der Waals surface area contributed by atoms with Gasteiger partial charge in [0.15, 0.2) is 11.5 Å². The Hall–Kier alpha value is -1.72. The van der Waals surface area contributed by atoms with E-state index in [4.69, 9.17) is 25.8 Å². The monoisotopic (exact) mass is 310 g/mol. The fourth-order valence-corrected chi connectivity index (χ4v) is 2.77. The Morgan fingerprint density at radius 1 is 1.35 bits per heavy atom. The van der Waals surface area contributed by atoms with Gasteiger partial charge in [-0.3, -0.25) is 0 Å². The molecule has 6 heteroatoms. The van der Waals surface area contributed by atoms with Gasteiger partial charge in [0.1, 0.15) is 19.8 Å². The molecule has 0 bridgehead atoms. The lowest BCUT2D eigenvalue weighted by molar-refractivity contribution is 0.0472. The van der Waals surface area contributed by atoms with Crippen LogP contribution in [0.3, 0.4) is 0 Å². The van der Waals surface area contributed by atoms with Crippen molar-refractivity contribution in [3.8, 4) is 11.5 Å². The standard InChI is InChI=1S/C14H11ClO4S/c15-11-5-9(6-12-13(11)18-3-2-17-12)7-19-14(16)10-1-4-20-8-10/h1,4-6,8H,2-3,7H2. The summed E-state index contributed by atoms with van der Waals surface area (Å²) in [5, 5.41) is 4.04. The van der Waals surface area contributed by atoms with Crippen LogP contribution in [-0.2, 0) is 11.3 Å². The number of benzene rings is 1. The molecule has 0 saturated heterocycles. The number of carbonyl (C=O) groups is 1. The average Bonchev–Trinajstić information content (AvgIpc) is 2.99. The predicted octanol–water partition coefficient (Wildman–Crippen LogP) is 3.53. The molecule has 0 unspecified atom stereocenters. The van der Waals surface area contributed by atoms with Crippen LogP contribution in [0, 0.1) is 0 Å². The Morgan fingerprint density at radius 2 is 2.20 bits per heavy atom. The Kier molecular flexibility index (Phi) is 3.80. The van der Waals surface area contributed by atoms with Crippen molar-refractivity contribution < 1.29 is 19.0 Å². The molecular weight excluding hydrogens is 300 g/mol. The van der Waals surface area contributed by atoms with E-state index in [0.717, 1.165) is 5.56 Å². The van der Waals surface area contributed by atoms with Gasteiger partial charge in [-0.1, -0.05) is 11.6 Å². The summed E-state index contributed by atoms with van der Waals surface area (Å²) in [6.07, 6.45) is 0. The molecule has 0 spiro atoms. The van der Waals surface area contributed by atoms with Crippen molar-refractivity contribution in [2.45, 2.75) is 6.61 Å². The lowest BCUT2D eigenvalue weighted by Crippen LogP contribution is -2.16. The first-order valence-electron chi connectivity index (χ1n) is 6.01. The number of ether oxygens (including phenoxy) is 3. The van der Waals surface area contributed by atoms with Gasteiger partial charge >= 0.3 is 5.97 Å². The number of hydrogen-bond donors (Lipinski definition) is 0. The van der Waals surface area contributed by atoms with E-state index in [1.165, 1.54) is 11.3 Å².